The van der Waals surface area contributed by atoms with Crippen molar-refractivity contribution in [3.8, 4) is 0 Å². The molecule has 1 aliphatic heterocycles. The van der Waals surface area contributed by atoms with E-state index >= 15 is 0 Å². The summed E-state index contributed by atoms with van der Waals surface area (Å²) in [7, 11) is 0. The molecule has 1 heterocycles. The van der Waals surface area contributed by atoms with Gasteiger partial charge in [0.05, 0.1) is 27.8 Å². The molecule has 0 N–H and O–H groups in total. The molecule has 2 aliphatic rings. The van der Waals surface area contributed by atoms with E-state index in [-0.39, 0.29) is 35.9 Å². The monoisotopic (exact) mass is 352 g/mol. The van der Waals surface area contributed by atoms with Crippen molar-refractivity contribution < 1.29 is 14.5 Å². The van der Waals surface area contributed by atoms with Crippen LogP contribution in [-0.4, -0.2) is 21.6 Å². The summed E-state index contributed by atoms with van der Waals surface area (Å²) in [6, 6.07) is 4.66. The van der Waals surface area contributed by atoms with Gasteiger partial charge >= 0.3 is 0 Å². The lowest BCUT2D eigenvalue weighted by Gasteiger charge is -2.15. The fraction of sp³-hybridized carbons (Fsp3) is 0.429. The van der Waals surface area contributed by atoms with E-state index in [1.165, 1.54) is 11.0 Å². The normalized spacial score (nSPS) is 24.5. The fourth-order valence-electron chi connectivity index (χ4n) is 3.20. The smallest absolute Gasteiger partial charge is 0.278 e. The summed E-state index contributed by atoms with van der Waals surface area (Å²) in [5.41, 5.74) is 0.526. The third-order valence-corrected chi connectivity index (χ3v) is 4.90. The molecule has 110 valence electrons. The first-order valence-corrected chi connectivity index (χ1v) is 7.56. The number of likely N-dealkylation sites (tertiary alicyclic amines) is 1. The van der Waals surface area contributed by atoms with Crippen LogP contribution in [-0.2, 0) is 16.1 Å². The van der Waals surface area contributed by atoms with Gasteiger partial charge in [0.15, 0.2) is 0 Å². The van der Waals surface area contributed by atoms with Crippen LogP contribution in [0, 0.1) is 22.0 Å². The Hall–Kier alpha value is -1.76. The van der Waals surface area contributed by atoms with E-state index in [0.29, 0.717) is 10.0 Å². The van der Waals surface area contributed by atoms with Crippen LogP contribution in [0.4, 0.5) is 5.69 Å². The number of rotatable bonds is 3. The lowest BCUT2D eigenvalue weighted by molar-refractivity contribution is -0.385. The number of benzene rings is 1. The number of imide groups is 1. The van der Waals surface area contributed by atoms with Gasteiger partial charge in [0.1, 0.15) is 0 Å². The highest BCUT2D eigenvalue weighted by Gasteiger charge is 2.49. The second kappa shape index (κ2) is 5.22. The third kappa shape index (κ3) is 2.35. The number of carbonyl (C=O) groups is 2. The van der Waals surface area contributed by atoms with Crippen LogP contribution in [0.2, 0.25) is 0 Å². The molecule has 0 spiro atoms. The molecule has 2 unspecified atom stereocenters. The first-order valence-electron chi connectivity index (χ1n) is 6.77. The summed E-state index contributed by atoms with van der Waals surface area (Å²) in [6.45, 7) is 0.110. The summed E-state index contributed by atoms with van der Waals surface area (Å²) in [5, 5.41) is 10.9. The molecule has 3 rings (SSSR count). The van der Waals surface area contributed by atoms with Crippen molar-refractivity contribution in [3.63, 3.8) is 0 Å². The van der Waals surface area contributed by atoms with E-state index in [2.05, 4.69) is 15.9 Å². The minimum atomic E-state index is -0.490. The maximum absolute atomic E-state index is 12.2. The molecule has 1 aromatic rings. The van der Waals surface area contributed by atoms with Gasteiger partial charge in [-0.3, -0.25) is 24.6 Å². The average Bonchev–Trinajstić information content (AvgIpc) is 3.00. The fourth-order valence-corrected chi connectivity index (χ4v) is 3.59. The maximum atomic E-state index is 12.2. The van der Waals surface area contributed by atoms with Crippen LogP contribution in [0.5, 0.6) is 0 Å². The molecule has 7 heteroatoms. The van der Waals surface area contributed by atoms with Crippen molar-refractivity contribution in [1.29, 1.82) is 0 Å². The van der Waals surface area contributed by atoms with E-state index in [0.717, 1.165) is 19.3 Å². The second-order valence-corrected chi connectivity index (χ2v) is 6.30. The lowest BCUT2D eigenvalue weighted by Crippen LogP contribution is -2.31. The summed E-state index contributed by atoms with van der Waals surface area (Å²) >= 11 is 3.12. The Morgan fingerprint density at radius 2 is 1.86 bits per heavy atom. The molecule has 0 bridgehead atoms. The van der Waals surface area contributed by atoms with Gasteiger partial charge in [-0.1, -0.05) is 12.5 Å². The molecule has 1 saturated carbocycles. The number of fused-ring (bicyclic) bond motifs is 1. The average molecular weight is 353 g/mol. The van der Waals surface area contributed by atoms with E-state index in [9.17, 15) is 19.7 Å². The standard InChI is InChI=1S/C14H13BrN2O4/c15-11-5-4-8(6-12(11)17(20)21)7-16-13(18)9-2-1-3-10(9)14(16)19/h4-6,9-10H,1-3,7H2. The molecule has 1 aromatic carbocycles. The molecular formula is C14H13BrN2O4. The van der Waals surface area contributed by atoms with Gasteiger partial charge in [-0.05, 0) is 40.4 Å². The molecule has 1 saturated heterocycles. The number of carbonyl (C=O) groups excluding carboxylic acids is 2. The number of nitro groups is 1. The quantitative estimate of drug-likeness (QED) is 0.475. The van der Waals surface area contributed by atoms with E-state index in [1.54, 1.807) is 12.1 Å². The minimum Gasteiger partial charge on any atom is -0.278 e. The highest BCUT2D eigenvalue weighted by atomic mass is 79.9. The molecule has 2 amide bonds. The van der Waals surface area contributed by atoms with Crippen molar-refractivity contribution >= 4 is 33.4 Å². The van der Waals surface area contributed by atoms with Gasteiger partial charge in [-0.15, -0.1) is 0 Å². The SMILES string of the molecule is O=C1C2CCCC2C(=O)N1Cc1ccc(Br)c([N+](=O)[O-])c1. The minimum absolute atomic E-state index is 0.0632. The Balaban J connectivity index is 1.84. The van der Waals surface area contributed by atoms with Crippen LogP contribution in [0.1, 0.15) is 24.8 Å². The molecular weight excluding hydrogens is 340 g/mol. The van der Waals surface area contributed by atoms with E-state index in [1.807, 2.05) is 0 Å². The van der Waals surface area contributed by atoms with Crippen LogP contribution in [0.3, 0.4) is 0 Å². The zero-order valence-electron chi connectivity index (χ0n) is 11.1. The molecule has 2 atom stereocenters. The highest BCUT2D eigenvalue weighted by Crippen LogP contribution is 2.40. The van der Waals surface area contributed by atoms with Crippen molar-refractivity contribution in [2.75, 3.05) is 0 Å². The summed E-state index contributed by atoms with van der Waals surface area (Å²) < 4.78 is 0.382. The Kier molecular flexibility index (Phi) is 3.52. The van der Waals surface area contributed by atoms with Crippen LogP contribution < -0.4 is 0 Å². The highest BCUT2D eigenvalue weighted by molar-refractivity contribution is 9.10. The summed E-state index contributed by atoms with van der Waals surface area (Å²) in [4.78, 5) is 36.2. The Morgan fingerprint density at radius 3 is 2.43 bits per heavy atom. The predicted octanol–water partition coefficient (Wildman–Crippen LogP) is 2.64. The van der Waals surface area contributed by atoms with Crippen LogP contribution in [0.25, 0.3) is 0 Å². The van der Waals surface area contributed by atoms with Crippen molar-refractivity contribution in [3.05, 3.63) is 38.3 Å². The molecule has 6 nitrogen and oxygen atoms in total. The lowest BCUT2D eigenvalue weighted by atomic mass is 10.00. The van der Waals surface area contributed by atoms with Crippen LogP contribution >= 0.6 is 15.9 Å². The number of nitrogens with zero attached hydrogens (tertiary/aromatic N) is 2. The first kappa shape index (κ1) is 14.2. The van der Waals surface area contributed by atoms with Gasteiger partial charge in [0.25, 0.3) is 5.69 Å². The van der Waals surface area contributed by atoms with Gasteiger partial charge in [0, 0.05) is 6.07 Å². The van der Waals surface area contributed by atoms with Gasteiger partial charge in [-0.25, -0.2) is 0 Å². The molecule has 1 aliphatic carbocycles. The molecule has 0 aromatic heterocycles. The Labute approximate surface area is 129 Å². The van der Waals surface area contributed by atoms with Crippen molar-refractivity contribution in [1.82, 2.24) is 4.90 Å². The van der Waals surface area contributed by atoms with Gasteiger partial charge in [0.2, 0.25) is 11.8 Å². The number of nitro benzene ring substituents is 1. The Morgan fingerprint density at radius 1 is 1.24 bits per heavy atom. The van der Waals surface area contributed by atoms with Crippen LogP contribution in [0.15, 0.2) is 22.7 Å². The third-order valence-electron chi connectivity index (χ3n) is 4.23. The van der Waals surface area contributed by atoms with Gasteiger partial charge < -0.3 is 0 Å². The number of halogens is 1. The summed E-state index contributed by atoms with van der Waals surface area (Å²) in [5.74, 6) is -0.619. The summed E-state index contributed by atoms with van der Waals surface area (Å²) in [6.07, 6.45) is 2.46. The van der Waals surface area contributed by atoms with Gasteiger partial charge in [-0.2, -0.15) is 0 Å². The first-order chi connectivity index (χ1) is 9.99. The topological polar surface area (TPSA) is 80.5 Å². The number of hydrogen-bond donors (Lipinski definition) is 0. The molecule has 21 heavy (non-hydrogen) atoms. The zero-order valence-corrected chi connectivity index (χ0v) is 12.7. The number of amides is 2. The predicted molar refractivity (Wildman–Crippen MR) is 77.2 cm³/mol. The zero-order chi connectivity index (χ0) is 15.1. The van der Waals surface area contributed by atoms with Crippen molar-refractivity contribution in [2.24, 2.45) is 11.8 Å². The number of hydrogen-bond acceptors (Lipinski definition) is 4. The van der Waals surface area contributed by atoms with Crippen molar-refractivity contribution in [2.45, 2.75) is 25.8 Å². The Bertz CT molecular complexity index is 624. The maximum Gasteiger partial charge on any atom is 0.283 e. The van der Waals surface area contributed by atoms with E-state index < -0.39 is 4.92 Å². The largest absolute Gasteiger partial charge is 0.283 e. The second-order valence-electron chi connectivity index (χ2n) is 5.45. The molecule has 0 radical (unpaired) electrons. The van der Waals surface area contributed by atoms with E-state index in [4.69, 9.17) is 0 Å². The molecule has 2 fully saturated rings.